The molecule has 0 bridgehead atoms. The van der Waals surface area contributed by atoms with Gasteiger partial charge in [-0.15, -0.1) is 0 Å². The van der Waals surface area contributed by atoms with Gasteiger partial charge in [-0.1, -0.05) is 44.2 Å². The number of rotatable bonds is 5. The van der Waals surface area contributed by atoms with E-state index in [4.69, 9.17) is 5.73 Å². The van der Waals surface area contributed by atoms with Crippen molar-refractivity contribution in [3.05, 3.63) is 35.9 Å². The Morgan fingerprint density at radius 3 is 2.39 bits per heavy atom. The topological polar surface area (TPSA) is 75.4 Å². The van der Waals surface area contributed by atoms with E-state index in [-0.39, 0.29) is 18.4 Å². The zero-order valence-corrected chi connectivity index (χ0v) is 11.2. The maximum absolute atomic E-state index is 12.0. The Morgan fingerprint density at radius 2 is 1.94 bits per heavy atom. The van der Waals surface area contributed by atoms with Crippen LogP contribution >= 0.6 is 0 Å². The van der Waals surface area contributed by atoms with E-state index in [2.05, 4.69) is 5.32 Å². The summed E-state index contributed by atoms with van der Waals surface area (Å²) in [6, 6.07) is 8.81. The monoisotopic (exact) mass is 250 g/mol. The zero-order chi connectivity index (χ0) is 13.8. The highest BCUT2D eigenvalue weighted by Crippen LogP contribution is 2.20. The molecule has 1 unspecified atom stereocenters. The first-order chi connectivity index (χ1) is 8.40. The van der Waals surface area contributed by atoms with Crippen LogP contribution in [0.15, 0.2) is 30.3 Å². The number of nitrogens with two attached hydrogens (primary N) is 1. The van der Waals surface area contributed by atoms with Crippen LogP contribution in [0, 0.1) is 5.92 Å². The number of amides is 1. The summed E-state index contributed by atoms with van der Waals surface area (Å²) in [6.45, 7) is 5.40. The highest BCUT2D eigenvalue weighted by atomic mass is 16.3. The van der Waals surface area contributed by atoms with Gasteiger partial charge in [-0.2, -0.15) is 0 Å². The molecule has 0 aliphatic heterocycles. The minimum atomic E-state index is -0.801. The molecule has 0 saturated heterocycles. The fourth-order valence-corrected chi connectivity index (χ4v) is 1.67. The van der Waals surface area contributed by atoms with Gasteiger partial charge in [-0.05, 0) is 18.4 Å². The van der Waals surface area contributed by atoms with Crippen LogP contribution in [0.1, 0.15) is 26.3 Å². The van der Waals surface area contributed by atoms with E-state index >= 15 is 0 Å². The van der Waals surface area contributed by atoms with Crippen molar-refractivity contribution in [2.75, 3.05) is 6.61 Å². The molecule has 0 aliphatic carbocycles. The van der Waals surface area contributed by atoms with Crippen LogP contribution in [0.25, 0.3) is 0 Å². The molecular formula is C14H22N2O2. The third-order valence-electron chi connectivity index (χ3n) is 3.15. The summed E-state index contributed by atoms with van der Waals surface area (Å²) in [5, 5.41) is 12.4. The molecule has 2 atom stereocenters. The number of hydrogen-bond acceptors (Lipinski definition) is 3. The van der Waals surface area contributed by atoms with E-state index in [1.807, 2.05) is 44.2 Å². The van der Waals surface area contributed by atoms with E-state index in [1.165, 1.54) is 0 Å². The van der Waals surface area contributed by atoms with Gasteiger partial charge in [0.1, 0.15) is 0 Å². The minimum absolute atomic E-state index is 0.0590. The van der Waals surface area contributed by atoms with Crippen LogP contribution in [0.3, 0.4) is 0 Å². The first kappa shape index (κ1) is 14.7. The normalized spacial score (nSPS) is 16.1. The summed E-state index contributed by atoms with van der Waals surface area (Å²) < 4.78 is 0. The molecule has 0 aliphatic rings. The van der Waals surface area contributed by atoms with Crippen molar-refractivity contribution in [1.29, 1.82) is 0 Å². The largest absolute Gasteiger partial charge is 0.394 e. The Morgan fingerprint density at radius 1 is 1.39 bits per heavy atom. The molecule has 1 amide bonds. The highest BCUT2D eigenvalue weighted by Gasteiger charge is 2.30. The predicted octanol–water partition coefficient (Wildman–Crippen LogP) is 0.994. The molecule has 18 heavy (non-hydrogen) atoms. The number of hydrogen-bond donors (Lipinski definition) is 3. The van der Waals surface area contributed by atoms with Gasteiger partial charge in [0.15, 0.2) is 0 Å². The van der Waals surface area contributed by atoms with Crippen molar-refractivity contribution in [2.24, 2.45) is 11.7 Å². The molecule has 1 aromatic rings. The average molecular weight is 250 g/mol. The molecule has 4 nitrogen and oxygen atoms in total. The van der Waals surface area contributed by atoms with Gasteiger partial charge < -0.3 is 16.2 Å². The number of nitrogens with one attached hydrogen (secondary N) is 1. The van der Waals surface area contributed by atoms with Crippen LogP contribution in [0.4, 0.5) is 0 Å². The maximum Gasteiger partial charge on any atom is 0.237 e. The van der Waals surface area contributed by atoms with Crippen molar-refractivity contribution < 1.29 is 9.90 Å². The fourth-order valence-electron chi connectivity index (χ4n) is 1.67. The van der Waals surface area contributed by atoms with Gasteiger partial charge in [-0.25, -0.2) is 0 Å². The quantitative estimate of drug-likeness (QED) is 0.729. The lowest BCUT2D eigenvalue weighted by Crippen LogP contribution is -2.53. The van der Waals surface area contributed by atoms with Crippen LogP contribution < -0.4 is 11.1 Å². The lowest BCUT2D eigenvalue weighted by atomic mass is 9.92. The van der Waals surface area contributed by atoms with Crippen LogP contribution in [-0.4, -0.2) is 23.7 Å². The second-order valence-corrected chi connectivity index (χ2v) is 5.12. The van der Waals surface area contributed by atoms with E-state index in [1.54, 1.807) is 6.92 Å². The molecule has 1 aromatic carbocycles. The third-order valence-corrected chi connectivity index (χ3v) is 3.15. The Balaban J connectivity index is 2.87. The van der Waals surface area contributed by atoms with Gasteiger partial charge in [0, 0.05) is 0 Å². The average Bonchev–Trinajstić information content (AvgIpc) is 2.38. The molecule has 1 rings (SSSR count). The number of aliphatic hydroxyl groups is 1. The SMILES string of the molecule is CC(C)[C@@H](N)C(=O)NC(C)(CO)c1ccccc1. The molecule has 0 saturated carbocycles. The summed E-state index contributed by atoms with van der Waals surface area (Å²) >= 11 is 0. The molecule has 0 radical (unpaired) electrons. The minimum Gasteiger partial charge on any atom is -0.394 e. The van der Waals surface area contributed by atoms with Crippen molar-refractivity contribution >= 4 is 5.91 Å². The van der Waals surface area contributed by atoms with Gasteiger partial charge in [-0.3, -0.25) is 4.79 Å². The van der Waals surface area contributed by atoms with Gasteiger partial charge in [0.05, 0.1) is 18.2 Å². The maximum atomic E-state index is 12.0. The summed E-state index contributed by atoms with van der Waals surface area (Å²) in [5.41, 5.74) is 5.86. The van der Waals surface area contributed by atoms with Crippen LogP contribution in [0.2, 0.25) is 0 Å². The molecule has 4 N–H and O–H groups in total. The third kappa shape index (κ3) is 3.31. The fraction of sp³-hybridized carbons (Fsp3) is 0.500. The van der Waals surface area contributed by atoms with Gasteiger partial charge >= 0.3 is 0 Å². The van der Waals surface area contributed by atoms with Gasteiger partial charge in [0.25, 0.3) is 0 Å². The first-order valence-electron chi connectivity index (χ1n) is 6.14. The molecule has 0 aromatic heterocycles. The number of aliphatic hydroxyl groups excluding tert-OH is 1. The lowest BCUT2D eigenvalue weighted by molar-refractivity contribution is -0.125. The number of carbonyl (C=O) groups excluding carboxylic acids is 1. The second-order valence-electron chi connectivity index (χ2n) is 5.12. The number of benzene rings is 1. The van der Waals surface area contributed by atoms with E-state index in [0.29, 0.717) is 0 Å². The summed E-state index contributed by atoms with van der Waals surface area (Å²) in [5.74, 6) is -0.186. The molecule has 0 spiro atoms. The smallest absolute Gasteiger partial charge is 0.237 e. The highest BCUT2D eigenvalue weighted by molar-refractivity contribution is 5.82. The molecule has 0 fully saturated rings. The Labute approximate surface area is 108 Å². The zero-order valence-electron chi connectivity index (χ0n) is 11.2. The molecular weight excluding hydrogens is 228 g/mol. The van der Waals surface area contributed by atoms with Crippen molar-refractivity contribution in [3.8, 4) is 0 Å². The molecule has 4 heteroatoms. The van der Waals surface area contributed by atoms with Crippen molar-refractivity contribution in [3.63, 3.8) is 0 Å². The van der Waals surface area contributed by atoms with Crippen LogP contribution in [0.5, 0.6) is 0 Å². The Bertz CT molecular complexity index is 392. The van der Waals surface area contributed by atoms with E-state index < -0.39 is 11.6 Å². The Kier molecular flexibility index (Phi) is 4.87. The lowest BCUT2D eigenvalue weighted by Gasteiger charge is -2.31. The second kappa shape index (κ2) is 5.98. The number of carbonyl (C=O) groups is 1. The van der Waals surface area contributed by atoms with Gasteiger partial charge in [0.2, 0.25) is 5.91 Å². The van der Waals surface area contributed by atoms with E-state index in [0.717, 1.165) is 5.56 Å². The summed E-state index contributed by atoms with van der Waals surface area (Å²) in [4.78, 5) is 12.0. The Hall–Kier alpha value is -1.39. The van der Waals surface area contributed by atoms with Crippen LogP contribution in [-0.2, 0) is 10.3 Å². The standard InChI is InChI=1S/C14H22N2O2/c1-10(2)12(15)13(18)16-14(3,9-17)11-7-5-4-6-8-11/h4-8,10,12,17H,9,15H2,1-3H3,(H,16,18)/t12-,14?/m1/s1. The summed E-state index contributed by atoms with van der Waals surface area (Å²) in [6.07, 6.45) is 0. The van der Waals surface area contributed by atoms with Crippen molar-refractivity contribution in [2.45, 2.75) is 32.4 Å². The summed E-state index contributed by atoms with van der Waals surface area (Å²) in [7, 11) is 0. The molecule has 0 heterocycles. The van der Waals surface area contributed by atoms with Crippen molar-refractivity contribution in [1.82, 2.24) is 5.32 Å². The first-order valence-corrected chi connectivity index (χ1v) is 6.14. The van der Waals surface area contributed by atoms with E-state index in [9.17, 15) is 9.90 Å². The molecule has 100 valence electrons. The predicted molar refractivity (Wildman–Crippen MR) is 71.8 cm³/mol.